The molecule has 0 aliphatic heterocycles. The molecule has 1 unspecified atom stereocenters. The van der Waals surface area contributed by atoms with Crippen molar-refractivity contribution < 1.29 is 0 Å². The van der Waals surface area contributed by atoms with Crippen LogP contribution in [0, 0.1) is 6.92 Å². The summed E-state index contributed by atoms with van der Waals surface area (Å²) in [6, 6.07) is 11.1. The number of aromatic nitrogens is 1. The van der Waals surface area contributed by atoms with Crippen LogP contribution in [0.1, 0.15) is 42.1 Å². The fourth-order valence-corrected chi connectivity index (χ4v) is 2.96. The predicted molar refractivity (Wildman–Crippen MR) is 82.6 cm³/mol. The van der Waals surface area contributed by atoms with Gasteiger partial charge in [-0.1, -0.05) is 37.3 Å². The third-order valence-corrected chi connectivity index (χ3v) is 4.04. The van der Waals surface area contributed by atoms with Crippen LogP contribution in [0.5, 0.6) is 0 Å². The summed E-state index contributed by atoms with van der Waals surface area (Å²) in [5, 5.41) is 6.88. The van der Waals surface area contributed by atoms with Gasteiger partial charge in [0.1, 0.15) is 0 Å². The molecule has 19 heavy (non-hydrogen) atoms. The van der Waals surface area contributed by atoms with E-state index in [0.29, 0.717) is 6.04 Å². The first kappa shape index (κ1) is 14.2. The molecule has 0 saturated heterocycles. The Balaban J connectivity index is 1.87. The van der Waals surface area contributed by atoms with E-state index < -0.39 is 0 Å². The van der Waals surface area contributed by atoms with Gasteiger partial charge in [0.15, 0.2) is 0 Å². The molecule has 1 aromatic heterocycles. The van der Waals surface area contributed by atoms with Crippen molar-refractivity contribution in [2.75, 3.05) is 6.54 Å². The van der Waals surface area contributed by atoms with Crippen LogP contribution in [0.3, 0.4) is 0 Å². The largest absolute Gasteiger partial charge is 0.309 e. The van der Waals surface area contributed by atoms with Crippen molar-refractivity contribution >= 4 is 11.3 Å². The zero-order valence-electron chi connectivity index (χ0n) is 11.7. The first-order valence-corrected chi connectivity index (χ1v) is 7.87. The zero-order valence-corrected chi connectivity index (χ0v) is 12.5. The Bertz CT molecular complexity index is 479. The summed E-state index contributed by atoms with van der Waals surface area (Å²) < 4.78 is 0. The molecule has 0 fully saturated rings. The summed E-state index contributed by atoms with van der Waals surface area (Å²) >= 11 is 1.74. The van der Waals surface area contributed by atoms with Gasteiger partial charge in [-0.05, 0) is 38.3 Å². The van der Waals surface area contributed by atoms with Crippen molar-refractivity contribution in [1.82, 2.24) is 10.3 Å². The molecule has 1 aromatic carbocycles. The first-order chi connectivity index (χ1) is 9.29. The Labute approximate surface area is 119 Å². The van der Waals surface area contributed by atoms with Crippen LogP contribution in [-0.2, 0) is 6.42 Å². The fourth-order valence-electron chi connectivity index (χ4n) is 2.30. The van der Waals surface area contributed by atoms with Crippen molar-refractivity contribution in [3.8, 4) is 0 Å². The number of thiazole rings is 1. The minimum atomic E-state index is 0.402. The van der Waals surface area contributed by atoms with Gasteiger partial charge in [0, 0.05) is 5.38 Å². The summed E-state index contributed by atoms with van der Waals surface area (Å²) in [5.74, 6) is 0. The average Bonchev–Trinajstić information content (AvgIpc) is 2.86. The van der Waals surface area contributed by atoms with Crippen LogP contribution in [0.2, 0.25) is 0 Å². The molecule has 2 aromatic rings. The van der Waals surface area contributed by atoms with Gasteiger partial charge in [0.25, 0.3) is 0 Å². The van der Waals surface area contributed by atoms with E-state index in [2.05, 4.69) is 59.9 Å². The molecule has 0 bridgehead atoms. The van der Waals surface area contributed by atoms with Crippen molar-refractivity contribution in [2.24, 2.45) is 0 Å². The van der Waals surface area contributed by atoms with Gasteiger partial charge in [-0.3, -0.25) is 0 Å². The van der Waals surface area contributed by atoms with E-state index in [1.807, 2.05) is 0 Å². The van der Waals surface area contributed by atoms with Gasteiger partial charge in [-0.2, -0.15) is 0 Å². The van der Waals surface area contributed by atoms with Crippen LogP contribution in [0.15, 0.2) is 35.7 Å². The second-order valence-electron chi connectivity index (χ2n) is 4.78. The Morgan fingerprint density at radius 2 is 2.05 bits per heavy atom. The number of nitrogens with zero attached hydrogens (tertiary/aromatic N) is 1. The van der Waals surface area contributed by atoms with E-state index in [-0.39, 0.29) is 0 Å². The van der Waals surface area contributed by atoms with E-state index >= 15 is 0 Å². The molecule has 0 aliphatic carbocycles. The minimum Gasteiger partial charge on any atom is -0.309 e. The van der Waals surface area contributed by atoms with Crippen molar-refractivity contribution in [1.29, 1.82) is 0 Å². The summed E-state index contributed by atoms with van der Waals surface area (Å²) in [7, 11) is 0. The van der Waals surface area contributed by atoms with E-state index in [1.54, 1.807) is 11.3 Å². The molecule has 0 amide bonds. The van der Waals surface area contributed by atoms with Gasteiger partial charge in [0.05, 0.1) is 16.7 Å². The number of benzene rings is 1. The normalized spacial score (nSPS) is 12.5. The maximum atomic E-state index is 4.61. The highest BCUT2D eigenvalue weighted by Gasteiger charge is 2.12. The third-order valence-electron chi connectivity index (χ3n) is 3.25. The van der Waals surface area contributed by atoms with E-state index in [0.717, 1.165) is 24.4 Å². The molecule has 0 saturated carbocycles. The molecule has 0 spiro atoms. The van der Waals surface area contributed by atoms with Gasteiger partial charge < -0.3 is 5.32 Å². The van der Waals surface area contributed by atoms with Crippen molar-refractivity contribution in [2.45, 2.75) is 39.2 Å². The number of aryl methyl sites for hydroxylation is 2. The lowest BCUT2D eigenvalue weighted by Crippen LogP contribution is -2.21. The maximum Gasteiger partial charge on any atom is 0.0898 e. The number of nitrogens with one attached hydrogen (secondary N) is 1. The number of hydrogen-bond acceptors (Lipinski definition) is 3. The predicted octanol–water partition coefficient (Wildman–Crippen LogP) is 4.13. The van der Waals surface area contributed by atoms with Gasteiger partial charge in [-0.15, -0.1) is 11.3 Å². The van der Waals surface area contributed by atoms with Crippen LogP contribution in [0.25, 0.3) is 0 Å². The first-order valence-electron chi connectivity index (χ1n) is 6.99. The topological polar surface area (TPSA) is 24.9 Å². The van der Waals surface area contributed by atoms with Gasteiger partial charge >= 0.3 is 0 Å². The van der Waals surface area contributed by atoms with Crippen LogP contribution in [-0.4, -0.2) is 11.5 Å². The number of hydrogen-bond donors (Lipinski definition) is 1. The quantitative estimate of drug-likeness (QED) is 0.821. The smallest absolute Gasteiger partial charge is 0.0898 e. The summed E-state index contributed by atoms with van der Waals surface area (Å²) in [6.45, 7) is 5.22. The molecule has 0 aliphatic rings. The van der Waals surface area contributed by atoms with Crippen molar-refractivity contribution in [3.05, 3.63) is 52.0 Å². The average molecular weight is 274 g/mol. The lowest BCUT2D eigenvalue weighted by atomic mass is 10.0. The lowest BCUT2D eigenvalue weighted by Gasteiger charge is -2.15. The monoisotopic (exact) mass is 274 g/mol. The van der Waals surface area contributed by atoms with E-state index in [9.17, 15) is 0 Å². The molecule has 2 nitrogen and oxygen atoms in total. The second kappa shape index (κ2) is 7.41. The maximum absolute atomic E-state index is 4.61. The van der Waals surface area contributed by atoms with E-state index in [4.69, 9.17) is 0 Å². The Kier molecular flexibility index (Phi) is 5.55. The molecule has 2 rings (SSSR count). The molecule has 0 radical (unpaired) electrons. The molecule has 1 heterocycles. The summed E-state index contributed by atoms with van der Waals surface area (Å²) in [5.41, 5.74) is 2.63. The Morgan fingerprint density at radius 3 is 2.68 bits per heavy atom. The minimum absolute atomic E-state index is 0.402. The molecule has 1 N–H and O–H groups in total. The van der Waals surface area contributed by atoms with Crippen LogP contribution in [0.4, 0.5) is 0 Å². The Hall–Kier alpha value is -1.19. The third kappa shape index (κ3) is 4.44. The molecule has 102 valence electrons. The molecule has 3 heteroatoms. The molecular weight excluding hydrogens is 252 g/mol. The lowest BCUT2D eigenvalue weighted by molar-refractivity contribution is 0.489. The summed E-state index contributed by atoms with van der Waals surface area (Å²) in [6.07, 6.45) is 3.48. The molecule has 1 atom stereocenters. The van der Waals surface area contributed by atoms with Crippen molar-refractivity contribution in [3.63, 3.8) is 0 Å². The highest BCUT2D eigenvalue weighted by Crippen LogP contribution is 2.21. The zero-order chi connectivity index (χ0) is 13.5. The SMILES string of the molecule is CCNC(CCCc1ccccc1)c1csc(C)n1. The fraction of sp³-hybridized carbons (Fsp3) is 0.438. The molecular formula is C16H22N2S. The standard InChI is InChI=1S/C16H22N2S/c1-3-17-15(16-12-19-13(2)18-16)11-7-10-14-8-5-4-6-9-14/h4-6,8-9,12,15,17H,3,7,10-11H2,1-2H3. The highest BCUT2D eigenvalue weighted by atomic mass is 32.1. The van der Waals surface area contributed by atoms with E-state index in [1.165, 1.54) is 17.7 Å². The van der Waals surface area contributed by atoms with Gasteiger partial charge in [0.2, 0.25) is 0 Å². The number of rotatable bonds is 7. The van der Waals surface area contributed by atoms with Gasteiger partial charge in [-0.25, -0.2) is 4.98 Å². The van der Waals surface area contributed by atoms with Crippen LogP contribution >= 0.6 is 11.3 Å². The second-order valence-corrected chi connectivity index (χ2v) is 5.84. The highest BCUT2D eigenvalue weighted by molar-refractivity contribution is 7.09. The summed E-state index contributed by atoms with van der Waals surface area (Å²) in [4.78, 5) is 4.61. The Morgan fingerprint density at radius 1 is 1.26 bits per heavy atom. The van der Waals surface area contributed by atoms with Crippen LogP contribution < -0.4 is 5.32 Å².